The summed E-state index contributed by atoms with van der Waals surface area (Å²) >= 11 is 0. The van der Waals surface area contributed by atoms with Crippen LogP contribution in [0.4, 0.5) is 13.2 Å². The van der Waals surface area contributed by atoms with Crippen LogP contribution in [0.2, 0.25) is 0 Å². The predicted octanol–water partition coefficient (Wildman–Crippen LogP) is 2.66. The molecule has 86 valence electrons. The Morgan fingerprint density at radius 2 is 1.93 bits per heavy atom. The van der Waals surface area contributed by atoms with Crippen LogP contribution in [-0.2, 0) is 19.1 Å². The molecule has 0 saturated heterocycles. The van der Waals surface area contributed by atoms with Gasteiger partial charge in [0.2, 0.25) is 0 Å². The molecule has 0 bridgehead atoms. The Bertz CT molecular complexity index is 317. The van der Waals surface area contributed by atoms with Crippen molar-refractivity contribution in [3.8, 4) is 0 Å². The van der Waals surface area contributed by atoms with Crippen LogP contribution in [0.15, 0.2) is 0 Å². The molecule has 0 radical (unpaired) electrons. The lowest BCUT2D eigenvalue weighted by molar-refractivity contribution is -0.144. The monoisotopic (exact) mass is 221 g/mol. The Kier molecular flexibility index (Phi) is 3.71. The predicted molar refractivity (Wildman–Crippen MR) is 49.3 cm³/mol. The zero-order valence-corrected chi connectivity index (χ0v) is 8.80. The second-order valence-electron chi connectivity index (χ2n) is 3.31. The third-order valence-corrected chi connectivity index (χ3v) is 2.13. The average Bonchev–Trinajstić information content (AvgIpc) is 2.56. The molecule has 1 heterocycles. The lowest BCUT2D eigenvalue weighted by atomic mass is 10.2. The molecule has 0 aliphatic heterocycles. The van der Waals surface area contributed by atoms with E-state index in [2.05, 4.69) is 10.3 Å². The van der Waals surface area contributed by atoms with E-state index in [4.69, 9.17) is 0 Å². The standard InChI is InChI=1S/C9H14F3N3/c1-3-5-6-15-8(9(10,11)12)7(4-2)13-14-15/h3-6H2,1-2H3. The molecule has 1 aromatic heterocycles. The lowest BCUT2D eigenvalue weighted by Crippen LogP contribution is -2.16. The number of alkyl halides is 3. The third kappa shape index (κ3) is 2.70. The second-order valence-corrected chi connectivity index (χ2v) is 3.31. The lowest BCUT2D eigenvalue weighted by Gasteiger charge is -2.09. The molecule has 0 saturated carbocycles. The van der Waals surface area contributed by atoms with Gasteiger partial charge < -0.3 is 0 Å². The summed E-state index contributed by atoms with van der Waals surface area (Å²) in [4.78, 5) is 0. The Morgan fingerprint density at radius 1 is 1.27 bits per heavy atom. The first-order chi connectivity index (χ1) is 7.00. The summed E-state index contributed by atoms with van der Waals surface area (Å²) in [6.45, 7) is 3.84. The van der Waals surface area contributed by atoms with Crippen molar-refractivity contribution in [1.29, 1.82) is 0 Å². The van der Waals surface area contributed by atoms with Gasteiger partial charge in [-0.1, -0.05) is 25.5 Å². The maximum absolute atomic E-state index is 12.7. The molecule has 0 spiro atoms. The largest absolute Gasteiger partial charge is 0.434 e. The van der Waals surface area contributed by atoms with Crippen molar-refractivity contribution in [3.05, 3.63) is 11.4 Å². The van der Waals surface area contributed by atoms with Gasteiger partial charge in [-0.15, -0.1) is 5.10 Å². The molecule has 0 aliphatic carbocycles. The van der Waals surface area contributed by atoms with Crippen molar-refractivity contribution in [3.63, 3.8) is 0 Å². The van der Waals surface area contributed by atoms with Gasteiger partial charge in [-0.3, -0.25) is 0 Å². The van der Waals surface area contributed by atoms with Gasteiger partial charge >= 0.3 is 6.18 Å². The van der Waals surface area contributed by atoms with Crippen molar-refractivity contribution >= 4 is 0 Å². The highest BCUT2D eigenvalue weighted by Crippen LogP contribution is 2.31. The molecule has 0 atom stereocenters. The first-order valence-electron chi connectivity index (χ1n) is 5.00. The van der Waals surface area contributed by atoms with Crippen molar-refractivity contribution < 1.29 is 13.2 Å². The van der Waals surface area contributed by atoms with Crippen LogP contribution in [0.5, 0.6) is 0 Å². The minimum atomic E-state index is -4.36. The smallest absolute Gasteiger partial charge is 0.240 e. The van der Waals surface area contributed by atoms with E-state index >= 15 is 0 Å². The minimum Gasteiger partial charge on any atom is -0.240 e. The van der Waals surface area contributed by atoms with Gasteiger partial charge in [-0.2, -0.15) is 13.2 Å². The molecule has 1 rings (SSSR count). The number of hydrogen-bond donors (Lipinski definition) is 0. The van der Waals surface area contributed by atoms with Gasteiger partial charge in [-0.05, 0) is 12.8 Å². The third-order valence-electron chi connectivity index (χ3n) is 2.13. The molecule has 0 unspecified atom stereocenters. The quantitative estimate of drug-likeness (QED) is 0.782. The van der Waals surface area contributed by atoms with Crippen molar-refractivity contribution in [2.24, 2.45) is 0 Å². The summed E-state index contributed by atoms with van der Waals surface area (Å²) < 4.78 is 38.9. The maximum Gasteiger partial charge on any atom is 0.434 e. The van der Waals surface area contributed by atoms with E-state index in [-0.39, 0.29) is 18.7 Å². The summed E-state index contributed by atoms with van der Waals surface area (Å²) in [5.41, 5.74) is -0.669. The Morgan fingerprint density at radius 3 is 2.40 bits per heavy atom. The van der Waals surface area contributed by atoms with Gasteiger partial charge in [0.1, 0.15) is 0 Å². The topological polar surface area (TPSA) is 30.7 Å². The zero-order valence-electron chi connectivity index (χ0n) is 8.80. The highest BCUT2D eigenvalue weighted by molar-refractivity contribution is 5.13. The SMILES string of the molecule is CCCCn1nnc(CC)c1C(F)(F)F. The van der Waals surface area contributed by atoms with E-state index in [1.165, 1.54) is 0 Å². The van der Waals surface area contributed by atoms with Gasteiger partial charge in [0, 0.05) is 6.54 Å². The normalized spacial score (nSPS) is 12.1. The zero-order chi connectivity index (χ0) is 11.5. The van der Waals surface area contributed by atoms with Gasteiger partial charge in [0.25, 0.3) is 0 Å². The highest BCUT2D eigenvalue weighted by Gasteiger charge is 2.38. The van der Waals surface area contributed by atoms with Gasteiger partial charge in [0.05, 0.1) is 5.69 Å². The average molecular weight is 221 g/mol. The van der Waals surface area contributed by atoms with Crippen molar-refractivity contribution in [2.45, 2.75) is 45.8 Å². The second kappa shape index (κ2) is 4.63. The van der Waals surface area contributed by atoms with Crippen molar-refractivity contribution in [2.75, 3.05) is 0 Å². The van der Waals surface area contributed by atoms with Crippen LogP contribution >= 0.6 is 0 Å². The fraction of sp³-hybridized carbons (Fsp3) is 0.778. The van der Waals surface area contributed by atoms with E-state index < -0.39 is 11.9 Å². The van der Waals surface area contributed by atoms with Gasteiger partial charge in [0.15, 0.2) is 5.69 Å². The molecule has 0 aliphatic rings. The molecule has 0 fully saturated rings. The van der Waals surface area contributed by atoms with E-state index in [1.807, 2.05) is 6.92 Å². The van der Waals surface area contributed by atoms with Gasteiger partial charge in [-0.25, -0.2) is 4.68 Å². The van der Waals surface area contributed by atoms with Crippen LogP contribution in [0.1, 0.15) is 38.1 Å². The highest BCUT2D eigenvalue weighted by atomic mass is 19.4. The molecule has 3 nitrogen and oxygen atoms in total. The number of rotatable bonds is 4. The van der Waals surface area contributed by atoms with Crippen molar-refractivity contribution in [1.82, 2.24) is 15.0 Å². The van der Waals surface area contributed by atoms with E-state index in [0.717, 1.165) is 11.1 Å². The number of unbranched alkanes of at least 4 members (excludes halogenated alkanes) is 1. The Labute approximate surface area is 86.3 Å². The fourth-order valence-corrected chi connectivity index (χ4v) is 1.36. The molecular formula is C9H14F3N3. The van der Waals surface area contributed by atoms with E-state index in [0.29, 0.717) is 6.42 Å². The van der Waals surface area contributed by atoms with E-state index in [1.54, 1.807) is 6.92 Å². The number of aryl methyl sites for hydroxylation is 2. The summed E-state index contributed by atoms with van der Waals surface area (Å²) in [5.74, 6) is 0. The van der Waals surface area contributed by atoms with Crippen LogP contribution in [-0.4, -0.2) is 15.0 Å². The molecule has 1 aromatic rings. The number of hydrogen-bond acceptors (Lipinski definition) is 2. The molecule has 0 amide bonds. The Hall–Kier alpha value is -1.07. The molecule has 0 N–H and O–H groups in total. The van der Waals surface area contributed by atoms with Crippen LogP contribution in [0, 0.1) is 0 Å². The Balaban J connectivity index is 3.01. The molecule has 15 heavy (non-hydrogen) atoms. The van der Waals surface area contributed by atoms with Crippen LogP contribution in [0.25, 0.3) is 0 Å². The van der Waals surface area contributed by atoms with Crippen LogP contribution in [0.3, 0.4) is 0 Å². The number of halogens is 3. The first kappa shape index (κ1) is 12.0. The van der Waals surface area contributed by atoms with Crippen LogP contribution < -0.4 is 0 Å². The summed E-state index contributed by atoms with van der Waals surface area (Å²) in [7, 11) is 0. The summed E-state index contributed by atoms with van der Waals surface area (Å²) in [6, 6.07) is 0. The molecular weight excluding hydrogens is 207 g/mol. The summed E-state index contributed by atoms with van der Waals surface area (Å²) in [6.07, 6.45) is -2.60. The fourth-order valence-electron chi connectivity index (χ4n) is 1.36. The number of nitrogens with zero attached hydrogens (tertiary/aromatic N) is 3. The first-order valence-corrected chi connectivity index (χ1v) is 5.00. The van der Waals surface area contributed by atoms with E-state index in [9.17, 15) is 13.2 Å². The molecule has 6 heteroatoms. The minimum absolute atomic E-state index is 0.0265. The molecule has 0 aromatic carbocycles. The maximum atomic E-state index is 12.7. The summed E-state index contributed by atoms with van der Waals surface area (Å²) in [5, 5.41) is 7.08. The number of aromatic nitrogens is 3.